The molecular weight excluding hydrogens is 449 g/mol. The van der Waals surface area contributed by atoms with Crippen LogP contribution in [0.25, 0.3) is 0 Å². The average Bonchev–Trinajstić information content (AvgIpc) is 2.96. The number of rotatable bonds is 5. The first kappa shape index (κ1) is 22.6. The molecule has 2 atom stereocenters. The van der Waals surface area contributed by atoms with Crippen molar-refractivity contribution in [1.82, 2.24) is 15.5 Å². The molecule has 0 aromatic heterocycles. The Bertz CT molecular complexity index is 1100. The van der Waals surface area contributed by atoms with Crippen molar-refractivity contribution < 1.29 is 14.4 Å². The van der Waals surface area contributed by atoms with Crippen LogP contribution in [0.15, 0.2) is 36.4 Å². The Labute approximate surface area is 197 Å². The lowest BCUT2D eigenvalue weighted by atomic mass is 9.89. The third-order valence-electron chi connectivity index (χ3n) is 6.30. The highest BCUT2D eigenvalue weighted by molar-refractivity contribution is 6.35. The summed E-state index contributed by atoms with van der Waals surface area (Å²) >= 11 is 12.2. The van der Waals surface area contributed by atoms with Gasteiger partial charge in [0.05, 0.1) is 6.04 Å². The second kappa shape index (κ2) is 8.75. The zero-order valence-electron chi connectivity index (χ0n) is 18.0. The van der Waals surface area contributed by atoms with E-state index >= 15 is 0 Å². The van der Waals surface area contributed by atoms with Crippen LogP contribution in [0.4, 0.5) is 4.79 Å². The van der Waals surface area contributed by atoms with E-state index < -0.39 is 23.4 Å². The molecule has 0 bridgehead atoms. The number of urea groups is 1. The highest BCUT2D eigenvalue weighted by atomic mass is 35.5. The summed E-state index contributed by atoms with van der Waals surface area (Å²) in [5.74, 6) is -0.950. The third-order valence-corrected chi connectivity index (χ3v) is 6.84. The van der Waals surface area contributed by atoms with E-state index in [0.29, 0.717) is 10.6 Å². The molecular formula is C24H25Cl2N3O3. The number of benzene rings is 2. The topological polar surface area (TPSA) is 78.5 Å². The first-order valence-corrected chi connectivity index (χ1v) is 11.5. The van der Waals surface area contributed by atoms with E-state index in [4.69, 9.17) is 23.2 Å². The fourth-order valence-electron chi connectivity index (χ4n) is 4.45. The molecule has 1 fully saturated rings. The predicted octanol–water partition coefficient (Wildman–Crippen LogP) is 4.52. The number of carbonyl (C=O) groups is 3. The minimum Gasteiger partial charge on any atom is -0.348 e. The van der Waals surface area contributed by atoms with Crippen LogP contribution in [0, 0.1) is 0 Å². The van der Waals surface area contributed by atoms with Gasteiger partial charge in [0.25, 0.3) is 5.91 Å². The molecule has 8 heteroatoms. The van der Waals surface area contributed by atoms with Gasteiger partial charge < -0.3 is 10.6 Å². The summed E-state index contributed by atoms with van der Waals surface area (Å²) < 4.78 is 0. The summed E-state index contributed by atoms with van der Waals surface area (Å²) in [6.07, 6.45) is 4.54. The standard InChI is InChI=1S/C24H25Cl2N3O3/c1-14(16-8-7-15-5-3-4-6-17(15)11-16)27-21(30)13-29-22(31)24(2,28-23(29)32)19-10-9-18(25)12-20(19)26/h7-12,14H,3-6,13H2,1-2H3,(H,27,30)(H,28,32)/t14-,24-/m0/s1. The van der Waals surface area contributed by atoms with Gasteiger partial charge in [-0.1, -0.05) is 47.5 Å². The maximum atomic E-state index is 13.1. The molecule has 4 amide bonds. The van der Waals surface area contributed by atoms with Crippen molar-refractivity contribution in [3.8, 4) is 0 Å². The molecule has 0 spiro atoms. The number of carbonyl (C=O) groups excluding carboxylic acids is 3. The fraction of sp³-hybridized carbons (Fsp3) is 0.375. The molecule has 1 saturated heterocycles. The van der Waals surface area contributed by atoms with E-state index in [2.05, 4.69) is 22.8 Å². The number of hydrogen-bond acceptors (Lipinski definition) is 3. The van der Waals surface area contributed by atoms with Crippen molar-refractivity contribution in [3.05, 3.63) is 68.7 Å². The van der Waals surface area contributed by atoms with Gasteiger partial charge in [0.1, 0.15) is 12.1 Å². The van der Waals surface area contributed by atoms with Crippen molar-refractivity contribution >= 4 is 41.0 Å². The second-order valence-corrected chi connectivity index (χ2v) is 9.44. The van der Waals surface area contributed by atoms with Gasteiger partial charge in [-0.05, 0) is 68.4 Å². The molecule has 1 aliphatic carbocycles. The van der Waals surface area contributed by atoms with Crippen LogP contribution in [0.2, 0.25) is 10.0 Å². The van der Waals surface area contributed by atoms with Gasteiger partial charge in [0.2, 0.25) is 5.91 Å². The monoisotopic (exact) mass is 473 g/mol. The van der Waals surface area contributed by atoms with Gasteiger partial charge in [-0.25, -0.2) is 4.79 Å². The minimum atomic E-state index is -1.37. The summed E-state index contributed by atoms with van der Waals surface area (Å²) in [6, 6.07) is 10.1. The number of nitrogens with zero attached hydrogens (tertiary/aromatic N) is 1. The highest BCUT2D eigenvalue weighted by Gasteiger charge is 2.50. The summed E-state index contributed by atoms with van der Waals surface area (Å²) in [6.45, 7) is 3.09. The van der Waals surface area contributed by atoms with Crippen LogP contribution < -0.4 is 10.6 Å². The molecule has 6 nitrogen and oxygen atoms in total. The van der Waals surface area contributed by atoms with Crippen molar-refractivity contribution in [2.45, 2.75) is 51.1 Å². The molecule has 0 radical (unpaired) electrons. The van der Waals surface area contributed by atoms with Crippen LogP contribution in [-0.4, -0.2) is 29.3 Å². The average molecular weight is 474 g/mol. The van der Waals surface area contributed by atoms with Gasteiger partial charge in [-0.15, -0.1) is 0 Å². The molecule has 168 valence electrons. The molecule has 1 aliphatic heterocycles. The van der Waals surface area contributed by atoms with Gasteiger partial charge in [-0.2, -0.15) is 0 Å². The molecule has 2 aromatic carbocycles. The molecule has 2 aliphatic rings. The zero-order chi connectivity index (χ0) is 23.0. The Morgan fingerprint density at radius 3 is 2.56 bits per heavy atom. The third kappa shape index (κ3) is 4.21. The fourth-order valence-corrected chi connectivity index (χ4v) is 5.05. The number of fused-ring (bicyclic) bond motifs is 1. The lowest BCUT2D eigenvalue weighted by Gasteiger charge is -2.24. The van der Waals surface area contributed by atoms with Crippen molar-refractivity contribution in [3.63, 3.8) is 0 Å². The van der Waals surface area contributed by atoms with E-state index in [9.17, 15) is 14.4 Å². The number of aryl methyl sites for hydroxylation is 2. The normalized spacial score (nSPS) is 21.2. The summed E-state index contributed by atoms with van der Waals surface area (Å²) in [4.78, 5) is 39.3. The minimum absolute atomic E-state index is 0.243. The quantitative estimate of drug-likeness (QED) is 0.626. The maximum Gasteiger partial charge on any atom is 0.325 e. The van der Waals surface area contributed by atoms with E-state index in [1.165, 1.54) is 30.0 Å². The van der Waals surface area contributed by atoms with Gasteiger partial charge in [-0.3, -0.25) is 14.5 Å². The van der Waals surface area contributed by atoms with Crippen molar-refractivity contribution in [1.29, 1.82) is 0 Å². The van der Waals surface area contributed by atoms with Crippen LogP contribution in [0.3, 0.4) is 0 Å². The molecule has 0 saturated carbocycles. The summed E-state index contributed by atoms with van der Waals surface area (Å²) in [5, 5.41) is 6.25. The number of imide groups is 1. The van der Waals surface area contributed by atoms with Crippen LogP contribution in [0.1, 0.15) is 55.0 Å². The number of amides is 4. The Morgan fingerprint density at radius 1 is 1.12 bits per heavy atom. The van der Waals surface area contributed by atoms with Gasteiger partial charge >= 0.3 is 6.03 Å². The van der Waals surface area contributed by atoms with Gasteiger partial charge in [0.15, 0.2) is 0 Å². The predicted molar refractivity (Wildman–Crippen MR) is 124 cm³/mol. The lowest BCUT2D eigenvalue weighted by Crippen LogP contribution is -2.43. The largest absolute Gasteiger partial charge is 0.348 e. The van der Waals surface area contributed by atoms with Crippen LogP contribution >= 0.6 is 23.2 Å². The number of hydrogen-bond donors (Lipinski definition) is 2. The van der Waals surface area contributed by atoms with Crippen LogP contribution in [-0.2, 0) is 28.0 Å². The lowest BCUT2D eigenvalue weighted by molar-refractivity contribution is -0.135. The zero-order valence-corrected chi connectivity index (χ0v) is 19.5. The highest BCUT2D eigenvalue weighted by Crippen LogP contribution is 2.35. The number of halogens is 2. The molecule has 1 heterocycles. The van der Waals surface area contributed by atoms with Gasteiger partial charge in [0, 0.05) is 15.6 Å². The molecule has 2 N–H and O–H groups in total. The SMILES string of the molecule is C[C@H](NC(=O)CN1C(=O)N[C@@](C)(c2ccc(Cl)cc2Cl)C1=O)c1ccc2c(c1)CCCC2. The van der Waals surface area contributed by atoms with E-state index in [1.54, 1.807) is 19.1 Å². The Kier molecular flexibility index (Phi) is 6.19. The summed E-state index contributed by atoms with van der Waals surface area (Å²) in [5.41, 5.74) is 2.77. The maximum absolute atomic E-state index is 13.1. The Balaban J connectivity index is 1.45. The first-order valence-electron chi connectivity index (χ1n) is 10.7. The molecule has 4 rings (SSSR count). The first-order chi connectivity index (χ1) is 15.2. The molecule has 0 unspecified atom stereocenters. The van der Waals surface area contributed by atoms with Crippen LogP contribution in [0.5, 0.6) is 0 Å². The molecule has 2 aromatic rings. The van der Waals surface area contributed by atoms with Crippen molar-refractivity contribution in [2.75, 3.05) is 6.54 Å². The Morgan fingerprint density at radius 2 is 1.84 bits per heavy atom. The van der Waals surface area contributed by atoms with E-state index in [0.717, 1.165) is 23.3 Å². The van der Waals surface area contributed by atoms with Crippen molar-refractivity contribution in [2.24, 2.45) is 0 Å². The Hall–Kier alpha value is -2.57. The summed E-state index contributed by atoms with van der Waals surface area (Å²) in [7, 11) is 0. The second-order valence-electron chi connectivity index (χ2n) is 8.60. The smallest absolute Gasteiger partial charge is 0.325 e. The van der Waals surface area contributed by atoms with E-state index in [1.807, 2.05) is 13.0 Å². The molecule has 32 heavy (non-hydrogen) atoms. The van der Waals surface area contributed by atoms with E-state index in [-0.39, 0.29) is 17.6 Å². The number of nitrogens with one attached hydrogen (secondary N) is 2.